The standard InChI is InChI=1S/C14H14O3/c1-8(2)7-11(15)12-9-5-3-4-6-10(9)13(16)14(12)17/h3-6,8,12H,7H2,1-2H3. The quantitative estimate of drug-likeness (QED) is 0.590. The van der Waals surface area contributed by atoms with Crippen LogP contribution in [-0.4, -0.2) is 17.3 Å². The van der Waals surface area contributed by atoms with Crippen molar-refractivity contribution in [2.24, 2.45) is 5.92 Å². The lowest BCUT2D eigenvalue weighted by Gasteiger charge is -2.09. The summed E-state index contributed by atoms with van der Waals surface area (Å²) in [6.45, 7) is 3.84. The second-order valence-electron chi connectivity index (χ2n) is 4.78. The summed E-state index contributed by atoms with van der Waals surface area (Å²) >= 11 is 0. The van der Waals surface area contributed by atoms with Crippen LogP contribution in [0.15, 0.2) is 24.3 Å². The Hall–Kier alpha value is -1.77. The molecule has 1 aromatic carbocycles. The normalized spacial score (nSPS) is 18.6. The number of carbonyl (C=O) groups excluding carboxylic acids is 3. The van der Waals surface area contributed by atoms with Crippen molar-refractivity contribution in [1.29, 1.82) is 0 Å². The van der Waals surface area contributed by atoms with E-state index in [0.29, 0.717) is 17.5 Å². The second kappa shape index (κ2) is 4.24. The Labute approximate surface area is 99.8 Å². The Kier molecular flexibility index (Phi) is 2.92. The molecule has 88 valence electrons. The van der Waals surface area contributed by atoms with Crippen molar-refractivity contribution in [3.63, 3.8) is 0 Å². The number of ketones is 3. The molecule has 1 unspecified atom stereocenters. The third-order valence-electron chi connectivity index (χ3n) is 2.93. The van der Waals surface area contributed by atoms with Gasteiger partial charge in [0, 0.05) is 12.0 Å². The lowest BCUT2D eigenvalue weighted by atomic mass is 9.91. The summed E-state index contributed by atoms with van der Waals surface area (Å²) in [5.74, 6) is -1.91. The molecular formula is C14H14O3. The highest BCUT2D eigenvalue weighted by molar-refractivity contribution is 6.52. The number of Topliss-reactive ketones (excluding diaryl/α,β-unsaturated/α-hetero) is 3. The first-order valence-corrected chi connectivity index (χ1v) is 5.72. The number of carbonyl (C=O) groups is 3. The van der Waals surface area contributed by atoms with Gasteiger partial charge < -0.3 is 0 Å². The third-order valence-corrected chi connectivity index (χ3v) is 2.93. The molecular weight excluding hydrogens is 216 g/mol. The van der Waals surface area contributed by atoms with Crippen molar-refractivity contribution in [3.8, 4) is 0 Å². The summed E-state index contributed by atoms with van der Waals surface area (Å²) in [4.78, 5) is 35.5. The maximum absolute atomic E-state index is 12.0. The molecule has 0 heterocycles. The molecule has 3 heteroatoms. The molecule has 1 atom stereocenters. The first kappa shape index (κ1) is 11.7. The van der Waals surface area contributed by atoms with Crippen LogP contribution in [0, 0.1) is 5.92 Å². The van der Waals surface area contributed by atoms with E-state index >= 15 is 0 Å². The van der Waals surface area contributed by atoms with Crippen LogP contribution >= 0.6 is 0 Å². The molecule has 0 aromatic heterocycles. The average molecular weight is 230 g/mol. The van der Waals surface area contributed by atoms with Gasteiger partial charge in [-0.3, -0.25) is 14.4 Å². The lowest BCUT2D eigenvalue weighted by molar-refractivity contribution is -0.127. The van der Waals surface area contributed by atoms with E-state index in [0.717, 1.165) is 0 Å². The van der Waals surface area contributed by atoms with Gasteiger partial charge >= 0.3 is 0 Å². The van der Waals surface area contributed by atoms with E-state index < -0.39 is 17.5 Å². The lowest BCUT2D eigenvalue weighted by Crippen LogP contribution is -2.21. The minimum atomic E-state index is -0.860. The van der Waals surface area contributed by atoms with E-state index in [1.165, 1.54) is 0 Å². The average Bonchev–Trinajstić information content (AvgIpc) is 2.51. The van der Waals surface area contributed by atoms with Gasteiger partial charge in [-0.25, -0.2) is 0 Å². The largest absolute Gasteiger partial charge is 0.298 e. The molecule has 0 aliphatic heterocycles. The van der Waals surface area contributed by atoms with Crippen LogP contribution in [0.25, 0.3) is 0 Å². The highest BCUT2D eigenvalue weighted by Gasteiger charge is 2.41. The first-order valence-electron chi connectivity index (χ1n) is 5.72. The van der Waals surface area contributed by atoms with E-state index in [2.05, 4.69) is 0 Å². The van der Waals surface area contributed by atoms with Gasteiger partial charge in [0.25, 0.3) is 0 Å². The number of rotatable bonds is 3. The zero-order chi connectivity index (χ0) is 12.6. The van der Waals surface area contributed by atoms with Crippen molar-refractivity contribution in [1.82, 2.24) is 0 Å². The number of hydrogen-bond donors (Lipinski definition) is 0. The molecule has 0 fully saturated rings. The fraction of sp³-hybridized carbons (Fsp3) is 0.357. The van der Waals surface area contributed by atoms with Crippen LogP contribution in [0.1, 0.15) is 42.1 Å². The zero-order valence-corrected chi connectivity index (χ0v) is 9.90. The van der Waals surface area contributed by atoms with Crippen LogP contribution in [0.2, 0.25) is 0 Å². The molecule has 0 saturated heterocycles. The smallest absolute Gasteiger partial charge is 0.230 e. The van der Waals surface area contributed by atoms with Crippen LogP contribution in [0.3, 0.4) is 0 Å². The summed E-state index contributed by atoms with van der Waals surface area (Å²) in [5, 5.41) is 0. The maximum Gasteiger partial charge on any atom is 0.230 e. The molecule has 0 radical (unpaired) electrons. The number of hydrogen-bond acceptors (Lipinski definition) is 3. The Bertz CT molecular complexity index is 500. The SMILES string of the molecule is CC(C)CC(=O)C1C(=O)C(=O)c2ccccc21. The highest BCUT2D eigenvalue weighted by Crippen LogP contribution is 2.32. The third kappa shape index (κ3) is 1.93. The van der Waals surface area contributed by atoms with Gasteiger partial charge in [-0.05, 0) is 11.5 Å². The molecule has 17 heavy (non-hydrogen) atoms. The van der Waals surface area contributed by atoms with Gasteiger partial charge in [0.1, 0.15) is 11.7 Å². The van der Waals surface area contributed by atoms with Crippen molar-refractivity contribution < 1.29 is 14.4 Å². The van der Waals surface area contributed by atoms with Crippen LogP contribution < -0.4 is 0 Å². The minimum Gasteiger partial charge on any atom is -0.298 e. The molecule has 3 nitrogen and oxygen atoms in total. The molecule has 0 saturated carbocycles. The minimum absolute atomic E-state index is 0.150. The molecule has 1 aromatic rings. The predicted molar refractivity (Wildman–Crippen MR) is 63.0 cm³/mol. The van der Waals surface area contributed by atoms with E-state index in [4.69, 9.17) is 0 Å². The van der Waals surface area contributed by atoms with Gasteiger partial charge in [-0.1, -0.05) is 38.1 Å². The van der Waals surface area contributed by atoms with Crippen molar-refractivity contribution in [3.05, 3.63) is 35.4 Å². The van der Waals surface area contributed by atoms with Gasteiger partial charge in [0.15, 0.2) is 0 Å². The molecule has 0 N–H and O–H groups in total. The predicted octanol–water partition coefficient (Wildman–Crippen LogP) is 2.15. The molecule has 0 bridgehead atoms. The number of fused-ring (bicyclic) bond motifs is 1. The highest BCUT2D eigenvalue weighted by atomic mass is 16.2. The monoisotopic (exact) mass is 230 g/mol. The van der Waals surface area contributed by atoms with Crippen LogP contribution in [0.5, 0.6) is 0 Å². The fourth-order valence-corrected chi connectivity index (χ4v) is 2.20. The van der Waals surface area contributed by atoms with Gasteiger partial charge in [-0.15, -0.1) is 0 Å². The number of benzene rings is 1. The molecule has 0 spiro atoms. The van der Waals surface area contributed by atoms with Gasteiger partial charge in [-0.2, -0.15) is 0 Å². The van der Waals surface area contributed by atoms with Crippen molar-refractivity contribution in [2.75, 3.05) is 0 Å². The van der Waals surface area contributed by atoms with E-state index in [1.54, 1.807) is 24.3 Å². The summed E-state index contributed by atoms with van der Waals surface area (Å²) in [5.41, 5.74) is 0.966. The Morgan fingerprint density at radius 1 is 1.24 bits per heavy atom. The van der Waals surface area contributed by atoms with E-state index in [1.807, 2.05) is 13.8 Å². The molecule has 1 aliphatic rings. The first-order chi connectivity index (χ1) is 8.02. The Morgan fingerprint density at radius 3 is 2.53 bits per heavy atom. The summed E-state index contributed by atoms with van der Waals surface area (Å²) < 4.78 is 0. The molecule has 0 amide bonds. The molecule has 1 aliphatic carbocycles. The maximum atomic E-state index is 12.0. The van der Waals surface area contributed by atoms with Gasteiger partial charge in [0.05, 0.1) is 0 Å². The topological polar surface area (TPSA) is 51.2 Å². The summed E-state index contributed by atoms with van der Waals surface area (Å²) in [6, 6.07) is 6.76. The van der Waals surface area contributed by atoms with Crippen LogP contribution in [-0.2, 0) is 9.59 Å². The zero-order valence-electron chi connectivity index (χ0n) is 9.90. The van der Waals surface area contributed by atoms with E-state index in [-0.39, 0.29) is 11.7 Å². The van der Waals surface area contributed by atoms with Crippen LogP contribution in [0.4, 0.5) is 0 Å². The summed E-state index contributed by atoms with van der Waals surface area (Å²) in [7, 11) is 0. The van der Waals surface area contributed by atoms with Crippen molar-refractivity contribution >= 4 is 17.3 Å². The fourth-order valence-electron chi connectivity index (χ4n) is 2.20. The van der Waals surface area contributed by atoms with Crippen molar-refractivity contribution in [2.45, 2.75) is 26.2 Å². The van der Waals surface area contributed by atoms with Gasteiger partial charge in [0.2, 0.25) is 11.6 Å². The Balaban J connectivity index is 2.40. The Morgan fingerprint density at radius 2 is 1.88 bits per heavy atom. The second-order valence-corrected chi connectivity index (χ2v) is 4.78. The summed E-state index contributed by atoms with van der Waals surface area (Å²) in [6.07, 6.45) is 0.331. The molecule has 2 rings (SSSR count). The van der Waals surface area contributed by atoms with E-state index in [9.17, 15) is 14.4 Å².